The maximum atomic E-state index is 11.6. The Kier molecular flexibility index (Phi) is 6.28. The molecule has 27 heavy (non-hydrogen) atoms. The second-order valence-electron chi connectivity index (χ2n) is 8.77. The zero-order valence-corrected chi connectivity index (χ0v) is 17.7. The highest BCUT2D eigenvalue weighted by molar-refractivity contribution is 6.62. The predicted molar refractivity (Wildman–Crippen MR) is 103 cm³/mol. The van der Waals surface area contributed by atoms with Crippen molar-refractivity contribution in [1.82, 2.24) is 15.1 Å². The normalized spacial score (nSPS) is 18.6. The van der Waals surface area contributed by atoms with Crippen LogP contribution in [0.15, 0.2) is 6.20 Å². The minimum Gasteiger partial charge on any atom is -0.444 e. The minimum atomic E-state index is -0.517. The van der Waals surface area contributed by atoms with E-state index in [1.807, 2.05) is 61.7 Å². The molecule has 0 saturated carbocycles. The smallest absolute Gasteiger partial charge is 0.444 e. The summed E-state index contributed by atoms with van der Waals surface area (Å²) in [4.78, 5) is 11.6. The number of nitrogens with one attached hydrogen (secondary N) is 1. The topological polar surface area (TPSA) is 83.8 Å². The lowest BCUT2D eigenvalue weighted by molar-refractivity contribution is 0.00578. The van der Waals surface area contributed by atoms with Crippen LogP contribution in [-0.2, 0) is 32.4 Å². The molecular formula is C18H32BN3O5. The summed E-state index contributed by atoms with van der Waals surface area (Å²) < 4.78 is 24.8. The number of hydrogen-bond acceptors (Lipinski definition) is 6. The standard InChI is InChI=1S/C18H32BN3O5/c1-16(2,3)25-15(23)20-9-10-24-12-14-13(11-22(8)21-14)19-26-17(4,5)18(6,7)27-19/h11H,9-10,12H2,1-8H3,(H,20,23). The highest BCUT2D eigenvalue weighted by Crippen LogP contribution is 2.36. The maximum absolute atomic E-state index is 11.6. The number of carbonyl (C=O) groups excluding carboxylic acids is 1. The van der Waals surface area contributed by atoms with Gasteiger partial charge >= 0.3 is 13.2 Å². The lowest BCUT2D eigenvalue weighted by atomic mass is 9.79. The summed E-state index contributed by atoms with van der Waals surface area (Å²) in [6.45, 7) is 14.5. The zero-order valence-electron chi connectivity index (χ0n) is 17.7. The maximum Gasteiger partial charge on any atom is 0.498 e. The van der Waals surface area contributed by atoms with Gasteiger partial charge in [-0.1, -0.05) is 0 Å². The van der Waals surface area contributed by atoms with Crippen molar-refractivity contribution in [1.29, 1.82) is 0 Å². The summed E-state index contributed by atoms with van der Waals surface area (Å²) in [7, 11) is 1.37. The third-order valence-electron chi connectivity index (χ3n) is 4.60. The van der Waals surface area contributed by atoms with Crippen LogP contribution in [0.3, 0.4) is 0 Å². The second-order valence-corrected chi connectivity index (χ2v) is 8.77. The number of carbonyl (C=O) groups is 1. The fraction of sp³-hybridized carbons (Fsp3) is 0.778. The molecule has 1 amide bonds. The molecule has 9 heteroatoms. The number of ether oxygens (including phenoxy) is 2. The van der Waals surface area contributed by atoms with Crippen molar-refractivity contribution >= 4 is 18.7 Å². The third kappa shape index (κ3) is 5.70. The van der Waals surface area contributed by atoms with Gasteiger partial charge in [0.05, 0.1) is 30.1 Å². The van der Waals surface area contributed by atoms with Gasteiger partial charge in [-0.15, -0.1) is 0 Å². The Morgan fingerprint density at radius 1 is 1.26 bits per heavy atom. The Bertz CT molecular complexity index is 650. The molecule has 1 aliphatic heterocycles. The number of amides is 1. The molecule has 0 atom stereocenters. The third-order valence-corrected chi connectivity index (χ3v) is 4.60. The summed E-state index contributed by atoms with van der Waals surface area (Å²) >= 11 is 0. The lowest BCUT2D eigenvalue weighted by Gasteiger charge is -2.32. The van der Waals surface area contributed by atoms with Gasteiger partial charge in [0.15, 0.2) is 0 Å². The van der Waals surface area contributed by atoms with Gasteiger partial charge in [-0.05, 0) is 48.5 Å². The molecular weight excluding hydrogens is 349 g/mol. The first-order valence-corrected chi connectivity index (χ1v) is 9.23. The Morgan fingerprint density at radius 2 is 1.85 bits per heavy atom. The van der Waals surface area contributed by atoms with Crippen molar-refractivity contribution in [2.45, 2.75) is 71.9 Å². The Balaban J connectivity index is 1.86. The summed E-state index contributed by atoms with van der Waals surface area (Å²) in [5, 5.41) is 7.11. The largest absolute Gasteiger partial charge is 0.498 e. The van der Waals surface area contributed by atoms with E-state index >= 15 is 0 Å². The van der Waals surface area contributed by atoms with Gasteiger partial charge in [-0.3, -0.25) is 4.68 Å². The van der Waals surface area contributed by atoms with Crippen LogP contribution in [-0.4, -0.2) is 52.9 Å². The molecule has 0 aromatic carbocycles. The highest BCUT2D eigenvalue weighted by atomic mass is 16.7. The van der Waals surface area contributed by atoms with Gasteiger partial charge < -0.3 is 24.1 Å². The summed E-state index contributed by atoms with van der Waals surface area (Å²) in [5.41, 5.74) is 0.271. The highest BCUT2D eigenvalue weighted by Gasteiger charge is 2.52. The van der Waals surface area contributed by atoms with Gasteiger partial charge in [0, 0.05) is 25.3 Å². The minimum absolute atomic E-state index is 0.302. The lowest BCUT2D eigenvalue weighted by Crippen LogP contribution is -2.41. The van der Waals surface area contributed by atoms with Crippen molar-refractivity contribution in [2.24, 2.45) is 7.05 Å². The molecule has 1 fully saturated rings. The molecule has 0 unspecified atom stereocenters. The summed E-state index contributed by atoms with van der Waals surface area (Å²) in [5.74, 6) is 0. The van der Waals surface area contributed by atoms with Gasteiger partial charge in [0.1, 0.15) is 5.60 Å². The van der Waals surface area contributed by atoms with Crippen molar-refractivity contribution in [3.8, 4) is 0 Å². The molecule has 1 N–H and O–H groups in total. The fourth-order valence-corrected chi connectivity index (χ4v) is 2.54. The van der Waals surface area contributed by atoms with Crippen LogP contribution in [0, 0.1) is 0 Å². The van der Waals surface area contributed by atoms with Crippen molar-refractivity contribution in [3.63, 3.8) is 0 Å². The van der Waals surface area contributed by atoms with E-state index in [0.717, 1.165) is 11.2 Å². The number of rotatable bonds is 6. The average Bonchev–Trinajstić information content (AvgIpc) is 2.94. The summed E-state index contributed by atoms with van der Waals surface area (Å²) in [6.07, 6.45) is 1.43. The molecule has 0 spiro atoms. The first-order chi connectivity index (χ1) is 12.3. The van der Waals surface area contributed by atoms with E-state index in [-0.39, 0.29) is 0 Å². The number of aromatic nitrogens is 2. The molecule has 1 saturated heterocycles. The Labute approximate surface area is 162 Å². The Hall–Kier alpha value is -1.58. The molecule has 0 bridgehead atoms. The molecule has 0 radical (unpaired) electrons. The van der Waals surface area contributed by atoms with Crippen LogP contribution in [0.4, 0.5) is 4.79 Å². The van der Waals surface area contributed by atoms with Gasteiger partial charge in [-0.2, -0.15) is 5.10 Å². The molecule has 1 aliphatic rings. The predicted octanol–water partition coefficient (Wildman–Crippen LogP) is 1.76. The molecule has 1 aromatic rings. The molecule has 1 aromatic heterocycles. The van der Waals surface area contributed by atoms with Crippen LogP contribution in [0.5, 0.6) is 0 Å². The van der Waals surface area contributed by atoms with E-state index in [9.17, 15) is 4.79 Å². The number of nitrogens with zero attached hydrogens (tertiary/aromatic N) is 2. The molecule has 0 aliphatic carbocycles. The van der Waals surface area contributed by atoms with Gasteiger partial charge in [0.2, 0.25) is 0 Å². The van der Waals surface area contributed by atoms with Crippen LogP contribution >= 0.6 is 0 Å². The average molecular weight is 381 g/mol. The fourth-order valence-electron chi connectivity index (χ4n) is 2.54. The summed E-state index contributed by atoms with van der Waals surface area (Å²) in [6, 6.07) is 0. The number of alkyl carbamates (subject to hydrolysis) is 1. The first-order valence-electron chi connectivity index (χ1n) is 9.23. The number of aryl methyl sites for hydroxylation is 1. The van der Waals surface area contributed by atoms with Gasteiger partial charge in [0.25, 0.3) is 0 Å². The second kappa shape index (κ2) is 7.81. The zero-order chi connectivity index (χ0) is 20.5. The molecule has 152 valence electrons. The van der Waals surface area contributed by atoms with E-state index in [2.05, 4.69) is 10.4 Å². The van der Waals surface area contributed by atoms with Crippen molar-refractivity contribution < 1.29 is 23.6 Å². The van der Waals surface area contributed by atoms with Crippen LogP contribution < -0.4 is 10.8 Å². The molecule has 2 heterocycles. The Morgan fingerprint density at radius 3 is 2.41 bits per heavy atom. The van der Waals surface area contributed by atoms with E-state index in [1.165, 1.54) is 0 Å². The van der Waals surface area contributed by atoms with E-state index < -0.39 is 30.0 Å². The van der Waals surface area contributed by atoms with E-state index in [1.54, 1.807) is 4.68 Å². The van der Waals surface area contributed by atoms with Crippen molar-refractivity contribution in [3.05, 3.63) is 11.9 Å². The quantitative estimate of drug-likeness (QED) is 0.597. The first kappa shape index (κ1) is 21.7. The van der Waals surface area contributed by atoms with Crippen LogP contribution in [0.1, 0.15) is 54.2 Å². The van der Waals surface area contributed by atoms with E-state index in [0.29, 0.717) is 19.8 Å². The SMILES string of the molecule is Cn1cc(B2OC(C)(C)C(C)(C)O2)c(COCCNC(=O)OC(C)(C)C)n1. The van der Waals surface area contributed by atoms with Crippen molar-refractivity contribution in [2.75, 3.05) is 13.2 Å². The van der Waals surface area contributed by atoms with Crippen LogP contribution in [0.25, 0.3) is 0 Å². The van der Waals surface area contributed by atoms with Gasteiger partial charge in [-0.25, -0.2) is 4.79 Å². The monoisotopic (exact) mass is 381 g/mol. The number of hydrogen-bond donors (Lipinski definition) is 1. The van der Waals surface area contributed by atoms with Crippen LogP contribution in [0.2, 0.25) is 0 Å². The van der Waals surface area contributed by atoms with E-state index in [4.69, 9.17) is 18.8 Å². The molecule has 2 rings (SSSR count). The molecule has 8 nitrogen and oxygen atoms in total.